The number of aliphatic hydroxyl groups is 3. The van der Waals surface area contributed by atoms with Gasteiger partial charge in [0.15, 0.2) is 5.78 Å². The number of alkyl halides is 6. The van der Waals surface area contributed by atoms with Crippen molar-refractivity contribution in [1.82, 2.24) is 5.32 Å². The van der Waals surface area contributed by atoms with Crippen LogP contribution in [0.25, 0.3) is 0 Å². The van der Waals surface area contributed by atoms with Crippen molar-refractivity contribution in [2.45, 2.75) is 109 Å². The molecule has 67 heavy (non-hydrogen) atoms. The molecule has 6 rings (SSSR count). The number of carbonyl (C=O) groups excluding carboxylic acids is 3. The van der Waals surface area contributed by atoms with Crippen LogP contribution in [0.2, 0.25) is 0 Å². The van der Waals surface area contributed by atoms with Crippen molar-refractivity contribution in [1.29, 1.82) is 0 Å². The SMILES string of the molecule is CC1=C2C(O)C(=O)[C@]3(C)C(OC(=O)OCC(Cl)(Cl)Cl)CC4OCC4(O)C3C(C)C(O)(CC1C(OO)C(OCOCC(Cl)(Cl)Cl)C(NC(=O)OCc1ccccc1)c1ccccc1)C2(C)C.[Ac].[Ac]. The molecule has 0 aromatic heterocycles. The summed E-state index contributed by atoms with van der Waals surface area (Å²) in [6.45, 7) is 6.08. The van der Waals surface area contributed by atoms with E-state index in [1.807, 2.05) is 6.07 Å². The fraction of sp³-hybridized carbons (Fsp3) is 0.614. The molecule has 2 aromatic rings. The van der Waals surface area contributed by atoms with Gasteiger partial charge < -0.3 is 49.1 Å². The third-order valence-corrected chi connectivity index (χ3v) is 14.6. The molecular weight excluding hydrogens is 1430 g/mol. The van der Waals surface area contributed by atoms with E-state index in [0.29, 0.717) is 16.7 Å². The van der Waals surface area contributed by atoms with Crippen LogP contribution in [0.3, 0.4) is 0 Å². The zero-order valence-corrected chi connectivity index (χ0v) is 51.2. The van der Waals surface area contributed by atoms with Gasteiger partial charge in [-0.05, 0) is 42.9 Å². The molecule has 5 N–H and O–H groups in total. The van der Waals surface area contributed by atoms with Gasteiger partial charge in [-0.3, -0.25) is 10.1 Å². The molecule has 1 amide bonds. The van der Waals surface area contributed by atoms with E-state index in [-0.39, 0.29) is 120 Å². The smallest absolute Gasteiger partial charge is 0.445 e. The molecule has 2 aromatic carbocycles. The first-order valence-corrected chi connectivity index (χ1v) is 23.1. The molecule has 12 atom stereocenters. The van der Waals surface area contributed by atoms with Crippen LogP contribution in [-0.2, 0) is 44.7 Å². The number of ether oxygens (including phenoxy) is 6. The molecule has 1 aliphatic heterocycles. The van der Waals surface area contributed by atoms with Crippen LogP contribution in [0.1, 0.15) is 64.6 Å². The second-order valence-corrected chi connectivity index (χ2v) is 23.0. The van der Waals surface area contributed by atoms with Gasteiger partial charge >= 0.3 is 12.2 Å². The van der Waals surface area contributed by atoms with E-state index in [1.165, 1.54) is 6.92 Å². The van der Waals surface area contributed by atoms with Crippen molar-refractivity contribution in [3.05, 3.63) is 82.9 Å². The molecule has 4 aliphatic rings. The Morgan fingerprint density at radius 1 is 0.925 bits per heavy atom. The molecule has 1 saturated heterocycles. The topological polar surface area (TPSA) is 209 Å². The van der Waals surface area contributed by atoms with Crippen LogP contribution >= 0.6 is 69.6 Å². The van der Waals surface area contributed by atoms with E-state index >= 15 is 4.79 Å². The van der Waals surface area contributed by atoms with Crippen molar-refractivity contribution in [2.24, 2.45) is 28.6 Å². The van der Waals surface area contributed by atoms with E-state index in [0.717, 1.165) is 0 Å². The van der Waals surface area contributed by atoms with Crippen molar-refractivity contribution in [2.75, 3.05) is 26.6 Å². The Bertz CT molecular complexity index is 2070. The maximum absolute atomic E-state index is 15.3. The molecular formula is C44H53Ac2Cl6NO14. The molecule has 0 spiro atoms. The molecule has 2 bridgehead atoms. The number of hydrogen-bond donors (Lipinski definition) is 5. The first kappa shape index (κ1) is 60.2. The van der Waals surface area contributed by atoms with Crippen LogP contribution in [0.5, 0.6) is 0 Å². The van der Waals surface area contributed by atoms with Gasteiger partial charge in [0.05, 0.1) is 36.4 Å². The van der Waals surface area contributed by atoms with Crippen LogP contribution < -0.4 is 5.32 Å². The van der Waals surface area contributed by atoms with Crippen LogP contribution in [0.4, 0.5) is 9.59 Å². The molecule has 366 valence electrons. The van der Waals surface area contributed by atoms with E-state index in [1.54, 1.807) is 82.3 Å². The minimum Gasteiger partial charge on any atom is -0.445 e. The Hall–Kier alpha value is 0.693. The first-order chi connectivity index (χ1) is 30.3. The first-order valence-electron chi connectivity index (χ1n) is 20.8. The molecule has 3 fully saturated rings. The fourth-order valence-corrected chi connectivity index (χ4v) is 11.2. The van der Waals surface area contributed by atoms with Crippen LogP contribution in [0, 0.1) is 117 Å². The predicted molar refractivity (Wildman–Crippen MR) is 240 cm³/mol. The number of carbonyl (C=O) groups is 3. The summed E-state index contributed by atoms with van der Waals surface area (Å²) in [5.74, 6) is -4.25. The van der Waals surface area contributed by atoms with Gasteiger partial charge in [-0.2, -0.15) is 0 Å². The zero-order chi connectivity index (χ0) is 47.9. The molecule has 3 aliphatic carbocycles. The second kappa shape index (κ2) is 23.9. The van der Waals surface area contributed by atoms with Gasteiger partial charge in [0, 0.05) is 112 Å². The Balaban J connectivity index is 0.00000490. The van der Waals surface area contributed by atoms with E-state index < -0.39 is 122 Å². The van der Waals surface area contributed by atoms with E-state index in [4.69, 9.17) is 103 Å². The molecule has 15 nitrogen and oxygen atoms in total. The maximum atomic E-state index is 15.3. The quantitative estimate of drug-likeness (QED) is 0.0231. The number of hydrogen-bond acceptors (Lipinski definition) is 14. The number of aliphatic hydroxyl groups excluding tert-OH is 1. The summed E-state index contributed by atoms with van der Waals surface area (Å²) in [4.78, 5) is 47.4. The van der Waals surface area contributed by atoms with Gasteiger partial charge in [0.2, 0.25) is 7.59 Å². The molecule has 2 radical (unpaired) electrons. The number of amides is 1. The van der Waals surface area contributed by atoms with Crippen molar-refractivity contribution in [3.8, 4) is 0 Å². The Kier molecular flexibility index (Phi) is 21.5. The number of fused-ring (bicyclic) bond motifs is 5. The van der Waals surface area contributed by atoms with Gasteiger partial charge in [-0.25, -0.2) is 14.5 Å². The Labute approximate surface area is 490 Å². The van der Waals surface area contributed by atoms with Gasteiger partial charge in [0.25, 0.3) is 0 Å². The minimum absolute atomic E-state index is 0. The number of alkyl carbamates (subject to hydrolysis) is 1. The van der Waals surface area contributed by atoms with Gasteiger partial charge in [-0.15, -0.1) is 0 Å². The second-order valence-electron chi connectivity index (χ2n) is 17.9. The number of ketones is 1. The van der Waals surface area contributed by atoms with E-state index in [2.05, 4.69) is 5.32 Å². The summed E-state index contributed by atoms with van der Waals surface area (Å²) < 4.78 is 30.3. The van der Waals surface area contributed by atoms with Gasteiger partial charge in [-0.1, -0.05) is 157 Å². The largest absolute Gasteiger partial charge is 0.508 e. The third kappa shape index (κ3) is 12.8. The number of Topliss-reactive ketones (excluding diaryl/α,β-unsaturated/α-hetero) is 1. The number of halogens is 6. The number of nitrogens with one attached hydrogen (secondary N) is 1. The van der Waals surface area contributed by atoms with Crippen molar-refractivity contribution < 1.29 is 156 Å². The summed E-state index contributed by atoms with van der Waals surface area (Å²) in [6, 6.07) is 16.4. The summed E-state index contributed by atoms with van der Waals surface area (Å²) in [5, 5.41) is 52.4. The Morgan fingerprint density at radius 3 is 2.07 bits per heavy atom. The average molecular weight is 1490 g/mol. The maximum Gasteiger partial charge on any atom is 0.508 e. The summed E-state index contributed by atoms with van der Waals surface area (Å²) in [7, 11) is 0. The van der Waals surface area contributed by atoms with Crippen molar-refractivity contribution >= 4 is 87.6 Å². The predicted octanol–water partition coefficient (Wildman–Crippen LogP) is 7.96. The van der Waals surface area contributed by atoms with E-state index in [9.17, 15) is 30.2 Å². The average Bonchev–Trinajstić information content (AvgIpc) is 3.24. The molecule has 23 heteroatoms. The monoisotopic (exact) mass is 1480 g/mol. The Morgan fingerprint density at radius 2 is 1.52 bits per heavy atom. The standard InChI is InChI=1S/C44H53Cl6NO14.2Ac/c1-23-27(33(65-58)34(63-22-59-20-43(45,46)47)31(26-14-10-7-11-15-26)51-37(54)60-18-25-12-8-6-9-13-25)17-42(57)24(2)35-40(5,36(53)32(52)30(23)39(42,3)4)28(16-29-41(35,56)19-61-29)64-38(55)62-21-44(48,49)50;;/h6-15,24,27-29,31-35,52,56-58H,16-22H2,1-5H3,(H,51,54);;/t24?,27?,28?,29?,31?,32?,33?,34?,35?,40-,41?,42?;;/m1../s1. The minimum atomic E-state index is -1.99. The summed E-state index contributed by atoms with van der Waals surface area (Å²) >= 11 is 35.3. The molecule has 2 saturated carbocycles. The normalized spacial score (nSPS) is 31.4. The molecule has 11 unspecified atom stereocenters. The number of benzene rings is 2. The van der Waals surface area contributed by atoms with Gasteiger partial charge in [0.1, 0.15) is 50.0 Å². The third-order valence-electron chi connectivity index (χ3n) is 13.9. The summed E-state index contributed by atoms with van der Waals surface area (Å²) in [6.07, 6.45) is -9.86. The molecule has 1 heterocycles. The van der Waals surface area contributed by atoms with Crippen molar-refractivity contribution in [3.63, 3.8) is 0 Å². The van der Waals surface area contributed by atoms with Crippen LogP contribution in [-0.4, -0.2) is 115 Å². The van der Waals surface area contributed by atoms with Crippen LogP contribution in [0.15, 0.2) is 71.8 Å². The number of rotatable bonds is 14. The summed E-state index contributed by atoms with van der Waals surface area (Å²) in [5.41, 5.74) is -5.46. The zero-order valence-electron chi connectivity index (χ0n) is 37.2. The fourth-order valence-electron chi connectivity index (χ4n) is 10.8.